The highest BCUT2D eigenvalue weighted by Crippen LogP contribution is 2.21. The Morgan fingerprint density at radius 3 is 2.76 bits per heavy atom. The van der Waals surface area contributed by atoms with E-state index in [1.54, 1.807) is 36.4 Å². The molecule has 21 heavy (non-hydrogen) atoms. The maximum Gasteiger partial charge on any atom is 0.268 e. The third-order valence-corrected chi connectivity index (χ3v) is 3.64. The van der Waals surface area contributed by atoms with Gasteiger partial charge in [-0.25, -0.2) is 14.4 Å². The number of nitrogens with zero attached hydrogens (tertiary/aromatic N) is 2. The molecule has 1 aromatic carbocycles. The summed E-state index contributed by atoms with van der Waals surface area (Å²) in [5, 5.41) is 4.41. The zero-order valence-electron chi connectivity index (χ0n) is 10.8. The fourth-order valence-corrected chi connectivity index (χ4v) is 2.43. The SMILES string of the molecule is O=C(Nc1nccc(-c2ccccc2F)n1)c1cccs1. The van der Waals surface area contributed by atoms with Gasteiger partial charge in [-0.2, -0.15) is 0 Å². The molecule has 1 amide bonds. The minimum Gasteiger partial charge on any atom is -0.290 e. The standard InChI is InChI=1S/C15H10FN3OS/c16-11-5-2-1-4-10(11)12-7-8-17-15(18-12)19-14(20)13-6-3-9-21-13/h1-9H,(H,17,18,19,20). The van der Waals surface area contributed by atoms with E-state index in [2.05, 4.69) is 15.3 Å². The van der Waals surface area contributed by atoms with E-state index < -0.39 is 0 Å². The molecule has 0 saturated heterocycles. The molecular formula is C15H10FN3OS. The molecule has 4 nitrogen and oxygen atoms in total. The van der Waals surface area contributed by atoms with Gasteiger partial charge >= 0.3 is 0 Å². The van der Waals surface area contributed by atoms with E-state index in [0.29, 0.717) is 16.1 Å². The van der Waals surface area contributed by atoms with Crippen LogP contribution in [0.2, 0.25) is 0 Å². The maximum absolute atomic E-state index is 13.7. The highest BCUT2D eigenvalue weighted by Gasteiger charge is 2.11. The number of carbonyl (C=O) groups is 1. The number of carbonyl (C=O) groups excluding carboxylic acids is 1. The molecule has 0 saturated carbocycles. The number of anilines is 1. The number of nitrogens with one attached hydrogen (secondary N) is 1. The second-order valence-electron chi connectivity index (χ2n) is 4.18. The van der Waals surface area contributed by atoms with Crippen LogP contribution in [0.25, 0.3) is 11.3 Å². The van der Waals surface area contributed by atoms with Crippen LogP contribution in [0.15, 0.2) is 54.0 Å². The molecule has 0 aliphatic heterocycles. The molecule has 0 fully saturated rings. The molecule has 6 heteroatoms. The van der Waals surface area contributed by atoms with Crippen molar-refractivity contribution in [2.75, 3.05) is 5.32 Å². The minimum atomic E-state index is -0.369. The van der Waals surface area contributed by atoms with Crippen molar-refractivity contribution in [3.63, 3.8) is 0 Å². The van der Waals surface area contributed by atoms with Crippen molar-refractivity contribution in [1.82, 2.24) is 9.97 Å². The monoisotopic (exact) mass is 299 g/mol. The first-order valence-electron chi connectivity index (χ1n) is 6.17. The molecule has 0 atom stereocenters. The summed E-state index contributed by atoms with van der Waals surface area (Å²) in [6.07, 6.45) is 1.48. The lowest BCUT2D eigenvalue weighted by molar-refractivity contribution is 0.102. The van der Waals surface area contributed by atoms with Gasteiger partial charge < -0.3 is 0 Å². The van der Waals surface area contributed by atoms with E-state index in [9.17, 15) is 9.18 Å². The molecule has 0 spiro atoms. The zero-order chi connectivity index (χ0) is 14.7. The predicted octanol–water partition coefficient (Wildman–Crippen LogP) is 3.60. The molecule has 3 aromatic rings. The average Bonchev–Trinajstić information content (AvgIpc) is 3.02. The largest absolute Gasteiger partial charge is 0.290 e. The fourth-order valence-electron chi connectivity index (χ4n) is 1.81. The number of amides is 1. The van der Waals surface area contributed by atoms with Crippen LogP contribution >= 0.6 is 11.3 Å². The minimum absolute atomic E-state index is 0.147. The van der Waals surface area contributed by atoms with Crippen molar-refractivity contribution in [3.8, 4) is 11.3 Å². The van der Waals surface area contributed by atoms with Gasteiger partial charge in [-0.05, 0) is 29.6 Å². The Bertz CT molecular complexity index is 774. The third kappa shape index (κ3) is 2.95. The molecular weight excluding hydrogens is 289 g/mol. The van der Waals surface area contributed by atoms with Gasteiger partial charge in [0.15, 0.2) is 0 Å². The molecule has 0 aliphatic carbocycles. The highest BCUT2D eigenvalue weighted by molar-refractivity contribution is 7.12. The maximum atomic E-state index is 13.7. The van der Waals surface area contributed by atoms with Crippen molar-refractivity contribution in [1.29, 1.82) is 0 Å². The van der Waals surface area contributed by atoms with Crippen LogP contribution in [-0.2, 0) is 0 Å². The molecule has 1 N–H and O–H groups in total. The molecule has 0 aliphatic rings. The molecule has 0 bridgehead atoms. The lowest BCUT2D eigenvalue weighted by Gasteiger charge is -2.05. The lowest BCUT2D eigenvalue weighted by Crippen LogP contribution is -2.12. The van der Waals surface area contributed by atoms with E-state index in [0.717, 1.165) is 0 Å². The smallest absolute Gasteiger partial charge is 0.268 e. The number of aromatic nitrogens is 2. The van der Waals surface area contributed by atoms with Gasteiger partial charge in [0.1, 0.15) is 5.82 Å². The van der Waals surface area contributed by atoms with E-state index >= 15 is 0 Å². The summed E-state index contributed by atoms with van der Waals surface area (Å²) in [5.74, 6) is -0.503. The van der Waals surface area contributed by atoms with Crippen LogP contribution in [-0.4, -0.2) is 15.9 Å². The summed E-state index contributed by atoms with van der Waals surface area (Å²) in [5.41, 5.74) is 0.788. The first-order chi connectivity index (χ1) is 10.2. The van der Waals surface area contributed by atoms with Crippen molar-refractivity contribution in [3.05, 3.63) is 64.7 Å². The topological polar surface area (TPSA) is 54.9 Å². The normalized spacial score (nSPS) is 10.3. The van der Waals surface area contributed by atoms with Gasteiger partial charge in [0, 0.05) is 11.8 Å². The number of rotatable bonds is 3. The quantitative estimate of drug-likeness (QED) is 0.804. The van der Waals surface area contributed by atoms with Crippen LogP contribution in [0.3, 0.4) is 0 Å². The van der Waals surface area contributed by atoms with Gasteiger partial charge in [0.25, 0.3) is 5.91 Å². The summed E-state index contributed by atoms with van der Waals surface area (Å²) in [6.45, 7) is 0. The zero-order valence-corrected chi connectivity index (χ0v) is 11.6. The summed E-state index contributed by atoms with van der Waals surface area (Å²) in [6, 6.07) is 11.4. The van der Waals surface area contributed by atoms with Gasteiger partial charge in [0.05, 0.1) is 10.6 Å². The summed E-state index contributed by atoms with van der Waals surface area (Å²) < 4.78 is 13.7. The van der Waals surface area contributed by atoms with Gasteiger partial charge in [0.2, 0.25) is 5.95 Å². The molecule has 3 rings (SSSR count). The fraction of sp³-hybridized carbons (Fsp3) is 0. The second kappa shape index (κ2) is 5.80. The number of hydrogen-bond donors (Lipinski definition) is 1. The number of halogens is 1. The summed E-state index contributed by atoms with van der Waals surface area (Å²) in [7, 11) is 0. The van der Waals surface area contributed by atoms with Crippen LogP contribution in [0, 0.1) is 5.82 Å². The van der Waals surface area contributed by atoms with Crippen LogP contribution in [0.5, 0.6) is 0 Å². The Balaban J connectivity index is 1.87. The average molecular weight is 299 g/mol. The Morgan fingerprint density at radius 1 is 1.14 bits per heavy atom. The second-order valence-corrected chi connectivity index (χ2v) is 5.12. The van der Waals surface area contributed by atoms with E-state index in [1.807, 2.05) is 5.38 Å². The van der Waals surface area contributed by atoms with E-state index in [4.69, 9.17) is 0 Å². The molecule has 104 valence electrons. The molecule has 0 radical (unpaired) electrons. The number of hydrogen-bond acceptors (Lipinski definition) is 4. The molecule has 2 heterocycles. The van der Waals surface area contributed by atoms with Crippen LogP contribution in [0.4, 0.5) is 10.3 Å². The van der Waals surface area contributed by atoms with Crippen LogP contribution < -0.4 is 5.32 Å². The van der Waals surface area contributed by atoms with Crippen molar-refractivity contribution >= 4 is 23.2 Å². The first kappa shape index (κ1) is 13.4. The highest BCUT2D eigenvalue weighted by atomic mass is 32.1. The number of thiophene rings is 1. The van der Waals surface area contributed by atoms with Gasteiger partial charge in [-0.1, -0.05) is 18.2 Å². The Kier molecular flexibility index (Phi) is 3.70. The Hall–Kier alpha value is -2.60. The van der Waals surface area contributed by atoms with Gasteiger partial charge in [-0.15, -0.1) is 11.3 Å². The predicted molar refractivity (Wildman–Crippen MR) is 79.7 cm³/mol. The summed E-state index contributed by atoms with van der Waals surface area (Å²) in [4.78, 5) is 20.7. The summed E-state index contributed by atoms with van der Waals surface area (Å²) >= 11 is 1.33. The van der Waals surface area contributed by atoms with E-state index in [-0.39, 0.29) is 17.7 Å². The van der Waals surface area contributed by atoms with Crippen LogP contribution in [0.1, 0.15) is 9.67 Å². The van der Waals surface area contributed by atoms with E-state index in [1.165, 1.54) is 23.6 Å². The van der Waals surface area contributed by atoms with Crippen molar-refractivity contribution in [2.45, 2.75) is 0 Å². The third-order valence-electron chi connectivity index (χ3n) is 2.78. The Labute approximate surface area is 124 Å². The molecule has 2 aromatic heterocycles. The number of benzene rings is 1. The van der Waals surface area contributed by atoms with Gasteiger partial charge in [-0.3, -0.25) is 10.1 Å². The first-order valence-corrected chi connectivity index (χ1v) is 7.05. The van der Waals surface area contributed by atoms with Crippen molar-refractivity contribution in [2.24, 2.45) is 0 Å². The lowest BCUT2D eigenvalue weighted by atomic mass is 10.1. The van der Waals surface area contributed by atoms with Crippen molar-refractivity contribution < 1.29 is 9.18 Å². The molecule has 0 unspecified atom stereocenters. The Morgan fingerprint density at radius 2 is 2.00 bits per heavy atom.